The van der Waals surface area contributed by atoms with E-state index in [2.05, 4.69) is 11.0 Å². The molecule has 1 spiro atoms. The van der Waals surface area contributed by atoms with Crippen LogP contribution < -0.4 is 9.88 Å². The van der Waals surface area contributed by atoms with E-state index < -0.39 is 15.8 Å². The zero-order chi connectivity index (χ0) is 30.7. The van der Waals surface area contributed by atoms with E-state index >= 15 is 0 Å². The second kappa shape index (κ2) is 13.0. The summed E-state index contributed by atoms with van der Waals surface area (Å²) in [6.07, 6.45) is 3.72. The highest BCUT2D eigenvalue weighted by Gasteiger charge is 2.40. The summed E-state index contributed by atoms with van der Waals surface area (Å²) in [7, 11) is -3.71. The number of aliphatic hydroxyl groups is 1. The Kier molecular flexibility index (Phi) is 9.04. The number of sulfonamides is 1. The fraction of sp³-hybridized carbons (Fsp3) is 0.424. The van der Waals surface area contributed by atoms with Crippen LogP contribution in [-0.2, 0) is 32.6 Å². The van der Waals surface area contributed by atoms with Gasteiger partial charge in [0, 0.05) is 56.7 Å². The molecule has 2 aliphatic heterocycles. The van der Waals surface area contributed by atoms with E-state index in [1.54, 1.807) is 36.4 Å². The van der Waals surface area contributed by atoms with Gasteiger partial charge in [-0.05, 0) is 78.4 Å². The Bertz CT molecular complexity index is 1550. The summed E-state index contributed by atoms with van der Waals surface area (Å²) in [6.45, 7) is 4.50. The molecule has 3 fully saturated rings. The number of ether oxygens (including phenoxy) is 3. The molecule has 0 unspecified atom stereocenters. The number of benzene rings is 3. The third-order valence-corrected chi connectivity index (χ3v) is 9.86. The maximum absolute atomic E-state index is 13.2. The van der Waals surface area contributed by atoms with Gasteiger partial charge in [-0.3, -0.25) is 9.69 Å². The Morgan fingerprint density at radius 1 is 0.932 bits per heavy atom. The highest BCUT2D eigenvalue weighted by Crippen LogP contribution is 2.43. The molecule has 44 heavy (non-hydrogen) atoms. The fourth-order valence-corrected chi connectivity index (χ4v) is 6.90. The monoisotopic (exact) mass is 621 g/mol. The minimum absolute atomic E-state index is 0.0308. The van der Waals surface area contributed by atoms with Gasteiger partial charge in [-0.1, -0.05) is 18.2 Å². The molecule has 1 amide bonds. The first-order valence-corrected chi connectivity index (χ1v) is 16.7. The molecule has 2 heterocycles. The van der Waals surface area contributed by atoms with Crippen LogP contribution in [0.4, 0.5) is 0 Å². The van der Waals surface area contributed by atoms with Gasteiger partial charge < -0.3 is 24.2 Å². The standard InChI is InChI=1S/C33H39N3O7S/c34-44(39,40)30-8-1-24(2-9-30)22-35-15-17-36(18-16-35)32(38)26-3-6-29(7-4-26)43-31-10-5-27(21-28(31)23-37)25-11-13-33(14-12-25)41-19-20-42-33/h1-10,21,25,37H,11-20,22-23H2,(H2,34,39,40). The molecule has 3 aromatic carbocycles. The molecule has 3 N–H and O–H groups in total. The van der Waals surface area contributed by atoms with Crippen molar-refractivity contribution in [1.82, 2.24) is 9.80 Å². The van der Waals surface area contributed by atoms with E-state index in [4.69, 9.17) is 19.3 Å². The van der Waals surface area contributed by atoms with E-state index in [0.29, 0.717) is 68.9 Å². The molecule has 0 atom stereocenters. The first kappa shape index (κ1) is 30.7. The normalized spacial score (nSPS) is 19.4. The molecule has 3 aromatic rings. The lowest BCUT2D eigenvalue weighted by Gasteiger charge is -2.35. The summed E-state index contributed by atoms with van der Waals surface area (Å²) in [5, 5.41) is 15.3. The number of piperazine rings is 1. The molecule has 3 aliphatic rings. The number of carbonyl (C=O) groups is 1. The first-order valence-electron chi connectivity index (χ1n) is 15.1. The number of amides is 1. The van der Waals surface area contributed by atoms with Crippen LogP contribution in [0.1, 0.15) is 58.6 Å². The summed E-state index contributed by atoms with van der Waals surface area (Å²) in [5.41, 5.74) is 3.50. The van der Waals surface area contributed by atoms with Crippen molar-refractivity contribution in [3.63, 3.8) is 0 Å². The predicted octanol–water partition coefficient (Wildman–Crippen LogP) is 3.98. The second-order valence-corrected chi connectivity index (χ2v) is 13.4. The lowest BCUT2D eigenvalue weighted by molar-refractivity contribution is -0.178. The van der Waals surface area contributed by atoms with E-state index in [1.807, 2.05) is 17.0 Å². The molecular weight excluding hydrogens is 582 g/mol. The van der Waals surface area contributed by atoms with Gasteiger partial charge in [0.05, 0.1) is 24.7 Å². The van der Waals surface area contributed by atoms with Gasteiger partial charge in [0.1, 0.15) is 11.5 Å². The Morgan fingerprint density at radius 3 is 2.20 bits per heavy atom. The average molecular weight is 622 g/mol. The molecule has 0 radical (unpaired) electrons. The number of hydrogen-bond acceptors (Lipinski definition) is 8. The van der Waals surface area contributed by atoms with E-state index in [1.165, 1.54) is 17.7 Å². The predicted molar refractivity (Wildman–Crippen MR) is 164 cm³/mol. The maximum atomic E-state index is 13.2. The smallest absolute Gasteiger partial charge is 0.253 e. The number of hydrogen-bond donors (Lipinski definition) is 2. The number of carbonyl (C=O) groups excluding carboxylic acids is 1. The molecule has 1 saturated carbocycles. The van der Waals surface area contributed by atoms with Crippen LogP contribution in [-0.4, -0.2) is 74.4 Å². The highest BCUT2D eigenvalue weighted by molar-refractivity contribution is 7.89. The summed E-state index contributed by atoms with van der Waals surface area (Å²) < 4.78 is 40.8. The molecular formula is C33H39N3O7S. The van der Waals surface area contributed by atoms with Gasteiger partial charge in [0.25, 0.3) is 5.91 Å². The molecule has 234 valence electrons. The Morgan fingerprint density at radius 2 is 1.59 bits per heavy atom. The SMILES string of the molecule is NS(=O)(=O)c1ccc(CN2CCN(C(=O)c3ccc(Oc4ccc(C5CCC6(CC5)OCCO6)cc4CO)cc3)CC2)cc1. The van der Waals surface area contributed by atoms with Gasteiger partial charge in [0.2, 0.25) is 10.0 Å². The van der Waals surface area contributed by atoms with Crippen molar-refractivity contribution in [2.75, 3.05) is 39.4 Å². The van der Waals surface area contributed by atoms with Crippen LogP contribution in [0.15, 0.2) is 71.6 Å². The van der Waals surface area contributed by atoms with E-state index in [9.17, 15) is 18.3 Å². The van der Waals surface area contributed by atoms with Crippen molar-refractivity contribution in [1.29, 1.82) is 0 Å². The third-order valence-electron chi connectivity index (χ3n) is 8.93. The minimum Gasteiger partial charge on any atom is -0.457 e. The minimum atomic E-state index is -3.71. The van der Waals surface area contributed by atoms with Crippen molar-refractivity contribution in [3.05, 3.63) is 89.0 Å². The summed E-state index contributed by atoms with van der Waals surface area (Å²) in [5.74, 6) is 1.16. The molecule has 10 nitrogen and oxygen atoms in total. The van der Waals surface area contributed by atoms with E-state index in [0.717, 1.165) is 36.8 Å². The fourth-order valence-electron chi connectivity index (χ4n) is 6.38. The number of primary sulfonamides is 1. The van der Waals surface area contributed by atoms with Crippen molar-refractivity contribution < 1.29 is 32.5 Å². The quantitative estimate of drug-likeness (QED) is 0.386. The van der Waals surface area contributed by atoms with Crippen molar-refractivity contribution in [3.8, 4) is 11.5 Å². The van der Waals surface area contributed by atoms with Crippen LogP contribution in [0, 0.1) is 0 Å². The zero-order valence-electron chi connectivity index (χ0n) is 24.7. The van der Waals surface area contributed by atoms with Gasteiger partial charge in [-0.2, -0.15) is 0 Å². The summed E-state index contributed by atoms with van der Waals surface area (Å²) in [6, 6.07) is 19.7. The largest absolute Gasteiger partial charge is 0.457 e. The Hall–Kier alpha value is -3.32. The van der Waals surface area contributed by atoms with Crippen molar-refractivity contribution in [2.45, 2.75) is 55.4 Å². The number of nitrogens with zero attached hydrogens (tertiary/aromatic N) is 2. The zero-order valence-corrected chi connectivity index (χ0v) is 25.5. The lowest BCUT2D eigenvalue weighted by Crippen LogP contribution is -2.48. The topological polar surface area (TPSA) is 132 Å². The van der Waals surface area contributed by atoms with Crippen molar-refractivity contribution in [2.24, 2.45) is 5.14 Å². The molecule has 6 rings (SSSR count). The maximum Gasteiger partial charge on any atom is 0.253 e. The van der Waals surface area contributed by atoms with Gasteiger partial charge >= 0.3 is 0 Å². The molecule has 1 aliphatic carbocycles. The van der Waals surface area contributed by atoms with Gasteiger partial charge in [-0.25, -0.2) is 13.6 Å². The molecule has 2 saturated heterocycles. The molecule has 0 aromatic heterocycles. The first-order chi connectivity index (χ1) is 21.2. The van der Waals surface area contributed by atoms with Crippen LogP contribution in [0.3, 0.4) is 0 Å². The molecule has 11 heteroatoms. The number of nitrogens with two attached hydrogens (primary N) is 1. The Labute approximate surface area is 258 Å². The van der Waals surface area contributed by atoms with Crippen LogP contribution in [0.25, 0.3) is 0 Å². The van der Waals surface area contributed by atoms with Gasteiger partial charge in [0.15, 0.2) is 5.79 Å². The average Bonchev–Trinajstić information content (AvgIpc) is 3.49. The summed E-state index contributed by atoms with van der Waals surface area (Å²) in [4.78, 5) is 17.4. The number of aliphatic hydroxyl groups excluding tert-OH is 1. The van der Waals surface area contributed by atoms with Gasteiger partial charge in [-0.15, -0.1) is 0 Å². The highest BCUT2D eigenvalue weighted by atomic mass is 32.2. The Balaban J connectivity index is 1.01. The van der Waals surface area contributed by atoms with Crippen LogP contribution in [0.5, 0.6) is 11.5 Å². The summed E-state index contributed by atoms with van der Waals surface area (Å²) >= 11 is 0. The van der Waals surface area contributed by atoms with E-state index in [-0.39, 0.29) is 17.4 Å². The molecule has 0 bridgehead atoms. The van der Waals surface area contributed by atoms with Crippen molar-refractivity contribution >= 4 is 15.9 Å². The lowest BCUT2D eigenvalue weighted by atomic mass is 9.80. The number of rotatable bonds is 8. The third kappa shape index (κ3) is 6.98. The van der Waals surface area contributed by atoms with Crippen LogP contribution >= 0.6 is 0 Å². The second-order valence-electron chi connectivity index (χ2n) is 11.8. The van der Waals surface area contributed by atoms with Crippen LogP contribution in [0.2, 0.25) is 0 Å².